The van der Waals surface area contributed by atoms with Crippen LogP contribution in [-0.4, -0.2) is 37.3 Å². The van der Waals surface area contributed by atoms with Gasteiger partial charge in [0.05, 0.1) is 10.6 Å². The Morgan fingerprint density at radius 1 is 1.45 bits per heavy atom. The molecule has 0 saturated heterocycles. The normalized spacial score (nSPS) is 15.3. The summed E-state index contributed by atoms with van der Waals surface area (Å²) in [6, 6.07) is 3.82. The fourth-order valence-electron chi connectivity index (χ4n) is 2.17. The Morgan fingerprint density at radius 2 is 2.10 bits per heavy atom. The fourth-order valence-corrected chi connectivity index (χ4v) is 4.04. The third-order valence-corrected chi connectivity index (χ3v) is 5.38. The summed E-state index contributed by atoms with van der Waals surface area (Å²) in [7, 11) is -2.08. The van der Waals surface area contributed by atoms with E-state index >= 15 is 0 Å². The number of nitrogens with zero attached hydrogens (tertiary/aromatic N) is 2. The molecule has 0 spiro atoms. The molecule has 0 amide bonds. The maximum atomic E-state index is 12.6. The number of non-ortho nitro benzene ring substituents is 1. The molecular weight excluding hydrogens is 282 g/mol. The molecule has 1 aliphatic rings. The van der Waals surface area contributed by atoms with E-state index < -0.39 is 14.9 Å². The van der Waals surface area contributed by atoms with Gasteiger partial charge in [0.15, 0.2) is 0 Å². The molecule has 8 heteroatoms. The van der Waals surface area contributed by atoms with Crippen LogP contribution in [0.2, 0.25) is 0 Å². The van der Waals surface area contributed by atoms with Crippen molar-refractivity contribution in [3.63, 3.8) is 0 Å². The first-order chi connectivity index (χ1) is 9.41. The Labute approximate surface area is 117 Å². The molecule has 20 heavy (non-hydrogen) atoms. The molecular formula is C12H17N3O4S. The fraction of sp³-hybridized carbons (Fsp3) is 0.500. The lowest BCUT2D eigenvalue weighted by atomic mass is 10.3. The van der Waals surface area contributed by atoms with Gasteiger partial charge in [0.1, 0.15) is 4.90 Å². The van der Waals surface area contributed by atoms with Crippen LogP contribution in [0.1, 0.15) is 19.8 Å². The van der Waals surface area contributed by atoms with Crippen molar-refractivity contribution >= 4 is 21.4 Å². The van der Waals surface area contributed by atoms with Gasteiger partial charge in [-0.25, -0.2) is 8.42 Å². The second-order valence-corrected chi connectivity index (χ2v) is 6.49. The number of benzene rings is 1. The third kappa shape index (κ3) is 2.61. The van der Waals surface area contributed by atoms with Crippen LogP contribution in [0.25, 0.3) is 0 Å². The maximum absolute atomic E-state index is 12.6. The monoisotopic (exact) mass is 299 g/mol. The molecule has 1 N–H and O–H groups in total. The van der Waals surface area contributed by atoms with Crippen molar-refractivity contribution in [3.8, 4) is 0 Å². The second-order valence-electron chi connectivity index (χ2n) is 4.63. The van der Waals surface area contributed by atoms with E-state index in [1.807, 2.05) is 0 Å². The summed E-state index contributed by atoms with van der Waals surface area (Å²) in [5.41, 5.74) is 0.112. The molecule has 0 unspecified atom stereocenters. The second kappa shape index (κ2) is 5.37. The van der Waals surface area contributed by atoms with Gasteiger partial charge >= 0.3 is 0 Å². The van der Waals surface area contributed by atoms with Crippen molar-refractivity contribution < 1.29 is 13.3 Å². The minimum absolute atomic E-state index is 0.0601. The van der Waals surface area contributed by atoms with Gasteiger partial charge in [-0.1, -0.05) is 6.92 Å². The predicted octanol–water partition coefficient (Wildman–Crippen LogP) is 1.81. The summed E-state index contributed by atoms with van der Waals surface area (Å²) in [4.78, 5) is 10.3. The first-order valence-electron chi connectivity index (χ1n) is 6.39. The third-order valence-electron chi connectivity index (χ3n) is 3.30. The molecule has 1 aliphatic carbocycles. The molecule has 110 valence electrons. The highest BCUT2D eigenvalue weighted by atomic mass is 32.2. The highest BCUT2D eigenvalue weighted by Crippen LogP contribution is 2.35. The topological polar surface area (TPSA) is 92.5 Å². The Bertz CT molecular complexity index is 626. The van der Waals surface area contributed by atoms with E-state index in [-0.39, 0.29) is 22.3 Å². The predicted molar refractivity (Wildman–Crippen MR) is 75.2 cm³/mol. The summed E-state index contributed by atoms with van der Waals surface area (Å²) < 4.78 is 26.7. The lowest BCUT2D eigenvalue weighted by molar-refractivity contribution is -0.384. The molecule has 0 heterocycles. The van der Waals surface area contributed by atoms with Crippen molar-refractivity contribution in [2.45, 2.75) is 30.7 Å². The van der Waals surface area contributed by atoms with Gasteiger partial charge in [0, 0.05) is 31.8 Å². The Hall–Kier alpha value is -1.67. The van der Waals surface area contributed by atoms with Gasteiger partial charge in [-0.15, -0.1) is 0 Å². The molecule has 0 radical (unpaired) electrons. The lowest BCUT2D eigenvalue weighted by Crippen LogP contribution is -2.33. The van der Waals surface area contributed by atoms with Gasteiger partial charge in [0.2, 0.25) is 10.0 Å². The van der Waals surface area contributed by atoms with Crippen molar-refractivity contribution in [2.24, 2.45) is 0 Å². The van der Waals surface area contributed by atoms with E-state index in [2.05, 4.69) is 5.32 Å². The standard InChI is InChI=1S/C12H17N3O4S/c1-3-14(9-4-5-9)20(18,19)12-7-6-10(15(16)17)8-11(12)13-2/h6-9,13H,3-5H2,1-2H3. The first kappa shape index (κ1) is 14.7. The van der Waals surface area contributed by atoms with Gasteiger partial charge in [-0.05, 0) is 18.9 Å². The van der Waals surface area contributed by atoms with E-state index in [1.165, 1.54) is 22.5 Å². The number of nitro groups is 1. The molecule has 1 saturated carbocycles. The van der Waals surface area contributed by atoms with Crippen LogP contribution in [0.3, 0.4) is 0 Å². The molecule has 0 bridgehead atoms. The largest absolute Gasteiger partial charge is 0.387 e. The molecule has 0 aliphatic heterocycles. The molecule has 1 fully saturated rings. The molecule has 0 aromatic heterocycles. The smallest absolute Gasteiger partial charge is 0.271 e. The van der Waals surface area contributed by atoms with Crippen molar-refractivity contribution in [1.29, 1.82) is 0 Å². The van der Waals surface area contributed by atoms with Crippen LogP contribution in [0.5, 0.6) is 0 Å². The molecule has 1 aromatic carbocycles. The van der Waals surface area contributed by atoms with Gasteiger partial charge in [0.25, 0.3) is 5.69 Å². The van der Waals surface area contributed by atoms with Crippen LogP contribution in [0.15, 0.2) is 23.1 Å². The highest BCUT2D eigenvalue weighted by Gasteiger charge is 2.38. The SMILES string of the molecule is CCN(C1CC1)S(=O)(=O)c1ccc([N+](=O)[O-])cc1NC. The van der Waals surface area contributed by atoms with E-state index in [1.54, 1.807) is 14.0 Å². The first-order valence-corrected chi connectivity index (χ1v) is 7.83. The zero-order valence-corrected chi connectivity index (χ0v) is 12.2. The van der Waals surface area contributed by atoms with Gasteiger partial charge in [-0.2, -0.15) is 4.31 Å². The Morgan fingerprint density at radius 3 is 2.55 bits per heavy atom. The molecule has 7 nitrogen and oxygen atoms in total. The summed E-state index contributed by atoms with van der Waals surface area (Å²) in [6.45, 7) is 2.19. The van der Waals surface area contributed by atoms with Crippen LogP contribution in [0.4, 0.5) is 11.4 Å². The zero-order chi connectivity index (χ0) is 14.9. The number of anilines is 1. The van der Waals surface area contributed by atoms with E-state index in [0.29, 0.717) is 6.54 Å². The average Bonchev–Trinajstić information content (AvgIpc) is 3.22. The Kier molecular flexibility index (Phi) is 3.96. The van der Waals surface area contributed by atoms with Crippen molar-refractivity contribution in [3.05, 3.63) is 28.3 Å². The van der Waals surface area contributed by atoms with E-state index in [0.717, 1.165) is 12.8 Å². The zero-order valence-electron chi connectivity index (χ0n) is 11.4. The number of hydrogen-bond acceptors (Lipinski definition) is 5. The van der Waals surface area contributed by atoms with Crippen LogP contribution in [-0.2, 0) is 10.0 Å². The number of nitro benzene ring substituents is 1. The average molecular weight is 299 g/mol. The molecule has 1 aromatic rings. The lowest BCUT2D eigenvalue weighted by Gasteiger charge is -2.21. The van der Waals surface area contributed by atoms with Crippen LogP contribution in [0, 0.1) is 10.1 Å². The van der Waals surface area contributed by atoms with E-state index in [4.69, 9.17) is 0 Å². The molecule has 0 atom stereocenters. The minimum Gasteiger partial charge on any atom is -0.387 e. The number of rotatable bonds is 6. The quantitative estimate of drug-likeness (QED) is 0.638. The summed E-state index contributed by atoms with van der Waals surface area (Å²) >= 11 is 0. The summed E-state index contributed by atoms with van der Waals surface area (Å²) in [5.74, 6) is 0. The maximum Gasteiger partial charge on any atom is 0.271 e. The Balaban J connectivity index is 2.48. The summed E-state index contributed by atoms with van der Waals surface area (Å²) in [6.07, 6.45) is 1.74. The van der Waals surface area contributed by atoms with Crippen molar-refractivity contribution in [2.75, 3.05) is 18.9 Å². The van der Waals surface area contributed by atoms with E-state index in [9.17, 15) is 18.5 Å². The number of hydrogen-bond donors (Lipinski definition) is 1. The minimum atomic E-state index is -3.62. The van der Waals surface area contributed by atoms with Gasteiger partial charge in [-0.3, -0.25) is 10.1 Å². The number of nitrogens with one attached hydrogen (secondary N) is 1. The number of sulfonamides is 1. The van der Waals surface area contributed by atoms with Crippen LogP contribution < -0.4 is 5.32 Å². The highest BCUT2D eigenvalue weighted by molar-refractivity contribution is 7.89. The summed E-state index contributed by atoms with van der Waals surface area (Å²) in [5, 5.41) is 13.5. The molecule has 2 rings (SSSR count). The van der Waals surface area contributed by atoms with Crippen LogP contribution >= 0.6 is 0 Å². The van der Waals surface area contributed by atoms with Crippen molar-refractivity contribution in [1.82, 2.24) is 4.31 Å². The van der Waals surface area contributed by atoms with Gasteiger partial charge < -0.3 is 5.32 Å².